The maximum atomic E-state index is 6.10. The third-order valence-corrected chi connectivity index (χ3v) is 3.91. The summed E-state index contributed by atoms with van der Waals surface area (Å²) < 4.78 is 1.06. The van der Waals surface area contributed by atoms with Crippen molar-refractivity contribution in [3.8, 4) is 11.1 Å². The zero-order valence-corrected chi connectivity index (χ0v) is 10.3. The second kappa shape index (κ2) is 3.93. The Hall–Kier alpha value is -0.510. The highest BCUT2D eigenvalue weighted by atomic mass is 79.9. The van der Waals surface area contributed by atoms with Crippen molar-refractivity contribution in [3.63, 3.8) is 0 Å². The normalized spacial score (nSPS) is 10.4. The van der Waals surface area contributed by atoms with Crippen molar-refractivity contribution in [2.75, 3.05) is 5.73 Å². The summed E-state index contributed by atoms with van der Waals surface area (Å²) in [5.74, 6) is 0. The lowest BCUT2D eigenvalue weighted by atomic mass is 10.1. The third kappa shape index (κ3) is 1.80. The van der Waals surface area contributed by atoms with E-state index in [1.807, 2.05) is 17.5 Å². The van der Waals surface area contributed by atoms with E-state index in [0.717, 1.165) is 15.6 Å². The Kier molecular flexibility index (Phi) is 2.81. The SMILES string of the molecule is Nc1ccc(-c2cscc2Br)c(Cl)c1. The molecule has 1 aromatic carbocycles. The summed E-state index contributed by atoms with van der Waals surface area (Å²) in [6.07, 6.45) is 0. The zero-order chi connectivity index (χ0) is 10.1. The molecule has 0 atom stereocenters. The molecule has 14 heavy (non-hydrogen) atoms. The quantitative estimate of drug-likeness (QED) is 0.773. The van der Waals surface area contributed by atoms with Gasteiger partial charge in [-0.05, 0) is 33.4 Å². The van der Waals surface area contributed by atoms with Crippen LogP contribution in [0.3, 0.4) is 0 Å². The molecule has 0 aliphatic carbocycles. The van der Waals surface area contributed by atoms with Crippen LogP contribution in [0.5, 0.6) is 0 Å². The first-order valence-corrected chi connectivity index (χ1v) is 6.07. The van der Waals surface area contributed by atoms with E-state index in [9.17, 15) is 0 Å². The molecule has 0 saturated heterocycles. The standard InChI is InChI=1S/C10H7BrClNS/c11-9-5-14-4-8(9)7-2-1-6(13)3-10(7)12/h1-5H,13H2. The molecule has 1 aromatic heterocycles. The number of rotatable bonds is 1. The molecule has 1 nitrogen and oxygen atoms in total. The Balaban J connectivity index is 2.58. The first-order chi connectivity index (χ1) is 6.68. The van der Waals surface area contributed by atoms with Gasteiger partial charge < -0.3 is 5.73 Å². The van der Waals surface area contributed by atoms with Gasteiger partial charge in [-0.1, -0.05) is 17.7 Å². The Morgan fingerprint density at radius 2 is 2.00 bits per heavy atom. The smallest absolute Gasteiger partial charge is 0.0505 e. The van der Waals surface area contributed by atoms with E-state index in [4.69, 9.17) is 17.3 Å². The van der Waals surface area contributed by atoms with Gasteiger partial charge in [0.2, 0.25) is 0 Å². The molecule has 1 heterocycles. The summed E-state index contributed by atoms with van der Waals surface area (Å²) in [6, 6.07) is 5.55. The van der Waals surface area contributed by atoms with Crippen molar-refractivity contribution in [1.82, 2.24) is 0 Å². The first kappa shape index (κ1) is 10.0. The average Bonchev–Trinajstić information content (AvgIpc) is 2.52. The molecular weight excluding hydrogens is 282 g/mol. The minimum absolute atomic E-state index is 0.684. The molecule has 0 unspecified atom stereocenters. The predicted molar refractivity (Wildman–Crippen MR) is 66.9 cm³/mol. The van der Waals surface area contributed by atoms with Gasteiger partial charge in [-0.3, -0.25) is 0 Å². The highest BCUT2D eigenvalue weighted by Crippen LogP contribution is 2.36. The van der Waals surface area contributed by atoms with Gasteiger partial charge in [0.15, 0.2) is 0 Å². The molecule has 2 N–H and O–H groups in total. The Labute approximate surface area is 99.6 Å². The number of halogens is 2. The molecule has 0 spiro atoms. The maximum Gasteiger partial charge on any atom is 0.0505 e. The number of nitrogen functional groups attached to an aromatic ring is 1. The van der Waals surface area contributed by atoms with Crippen molar-refractivity contribution < 1.29 is 0 Å². The van der Waals surface area contributed by atoms with Crippen LogP contribution in [0.25, 0.3) is 11.1 Å². The van der Waals surface area contributed by atoms with E-state index >= 15 is 0 Å². The number of nitrogens with two attached hydrogens (primary N) is 1. The van der Waals surface area contributed by atoms with Gasteiger partial charge in [-0.2, -0.15) is 11.3 Å². The van der Waals surface area contributed by atoms with Gasteiger partial charge in [0, 0.05) is 26.7 Å². The molecule has 0 saturated carbocycles. The van der Waals surface area contributed by atoms with Crippen molar-refractivity contribution in [1.29, 1.82) is 0 Å². The van der Waals surface area contributed by atoms with Gasteiger partial charge in [0.1, 0.15) is 0 Å². The van der Waals surface area contributed by atoms with Crippen LogP contribution in [0.1, 0.15) is 0 Å². The summed E-state index contributed by atoms with van der Waals surface area (Å²) in [5, 5.41) is 4.77. The lowest BCUT2D eigenvalue weighted by Crippen LogP contribution is -1.85. The van der Waals surface area contributed by atoms with E-state index in [1.54, 1.807) is 17.4 Å². The molecule has 72 valence electrons. The van der Waals surface area contributed by atoms with Crippen LogP contribution in [-0.2, 0) is 0 Å². The largest absolute Gasteiger partial charge is 0.399 e. The fraction of sp³-hybridized carbons (Fsp3) is 0. The van der Waals surface area contributed by atoms with Crippen LogP contribution in [0.4, 0.5) is 5.69 Å². The van der Waals surface area contributed by atoms with E-state index < -0.39 is 0 Å². The van der Waals surface area contributed by atoms with Crippen LogP contribution in [0.2, 0.25) is 5.02 Å². The number of hydrogen-bond donors (Lipinski definition) is 1. The summed E-state index contributed by atoms with van der Waals surface area (Å²) in [4.78, 5) is 0. The predicted octanol–water partition coefficient (Wildman–Crippen LogP) is 4.41. The lowest BCUT2D eigenvalue weighted by molar-refractivity contribution is 1.64. The van der Waals surface area contributed by atoms with Crippen LogP contribution in [0.15, 0.2) is 33.4 Å². The van der Waals surface area contributed by atoms with E-state index in [0.29, 0.717) is 10.7 Å². The second-order valence-corrected chi connectivity index (χ2v) is 4.88. The first-order valence-electron chi connectivity index (χ1n) is 3.95. The number of thiophene rings is 1. The van der Waals surface area contributed by atoms with Crippen LogP contribution < -0.4 is 5.73 Å². The molecule has 0 aliphatic heterocycles. The summed E-state index contributed by atoms with van der Waals surface area (Å²) in [6.45, 7) is 0. The third-order valence-electron chi connectivity index (χ3n) is 1.90. The Morgan fingerprint density at radius 3 is 2.57 bits per heavy atom. The summed E-state index contributed by atoms with van der Waals surface area (Å²) >= 11 is 11.2. The molecule has 0 fully saturated rings. The van der Waals surface area contributed by atoms with Gasteiger partial charge in [-0.15, -0.1) is 0 Å². The Morgan fingerprint density at radius 1 is 1.21 bits per heavy atom. The van der Waals surface area contributed by atoms with Crippen molar-refractivity contribution >= 4 is 44.6 Å². The number of anilines is 1. The van der Waals surface area contributed by atoms with Gasteiger partial charge in [0.25, 0.3) is 0 Å². The molecule has 0 amide bonds. The van der Waals surface area contributed by atoms with Crippen LogP contribution in [0, 0.1) is 0 Å². The topological polar surface area (TPSA) is 26.0 Å². The molecule has 0 aliphatic rings. The van der Waals surface area contributed by atoms with Crippen LogP contribution >= 0.6 is 38.9 Å². The number of benzene rings is 1. The van der Waals surface area contributed by atoms with Crippen molar-refractivity contribution in [2.45, 2.75) is 0 Å². The molecule has 0 bridgehead atoms. The van der Waals surface area contributed by atoms with Gasteiger partial charge >= 0.3 is 0 Å². The van der Waals surface area contributed by atoms with Gasteiger partial charge in [-0.25, -0.2) is 0 Å². The summed E-state index contributed by atoms with van der Waals surface area (Å²) in [5.41, 5.74) is 8.43. The van der Waals surface area contributed by atoms with E-state index in [1.165, 1.54) is 0 Å². The van der Waals surface area contributed by atoms with E-state index in [-0.39, 0.29) is 0 Å². The molecule has 2 rings (SSSR count). The van der Waals surface area contributed by atoms with Crippen LogP contribution in [-0.4, -0.2) is 0 Å². The minimum atomic E-state index is 0.684. The maximum absolute atomic E-state index is 6.10. The zero-order valence-electron chi connectivity index (χ0n) is 7.13. The fourth-order valence-electron chi connectivity index (χ4n) is 1.22. The van der Waals surface area contributed by atoms with Crippen molar-refractivity contribution in [3.05, 3.63) is 38.5 Å². The van der Waals surface area contributed by atoms with Gasteiger partial charge in [0.05, 0.1) is 5.02 Å². The molecule has 0 radical (unpaired) electrons. The summed E-state index contributed by atoms with van der Waals surface area (Å²) in [7, 11) is 0. The lowest BCUT2D eigenvalue weighted by Gasteiger charge is -2.03. The highest BCUT2D eigenvalue weighted by molar-refractivity contribution is 9.10. The molecular formula is C10H7BrClNS. The average molecular weight is 289 g/mol. The highest BCUT2D eigenvalue weighted by Gasteiger charge is 2.07. The van der Waals surface area contributed by atoms with Crippen molar-refractivity contribution in [2.24, 2.45) is 0 Å². The molecule has 4 heteroatoms. The molecule has 2 aromatic rings. The monoisotopic (exact) mass is 287 g/mol. The number of hydrogen-bond acceptors (Lipinski definition) is 2. The Bertz CT molecular complexity index is 467. The van der Waals surface area contributed by atoms with E-state index in [2.05, 4.69) is 21.3 Å². The second-order valence-electron chi connectivity index (χ2n) is 2.87. The fourth-order valence-corrected chi connectivity index (χ4v) is 3.02. The minimum Gasteiger partial charge on any atom is -0.399 e.